The fourth-order valence-corrected chi connectivity index (χ4v) is 3.08. The van der Waals surface area contributed by atoms with Crippen LogP contribution in [-0.2, 0) is 0 Å². The van der Waals surface area contributed by atoms with Crippen LogP contribution < -0.4 is 0 Å². The standard InChI is InChI=1S/C13H8N4O2S/c1-7-9-11(17-4-2-3-8(17)5-14)15-6-16-12(9)20-10(7)13(18)19/h2-4,6H,1H3,(H,18,19). The molecule has 7 heteroatoms. The van der Waals surface area contributed by atoms with Gasteiger partial charge in [-0.2, -0.15) is 5.26 Å². The molecule has 3 aromatic rings. The van der Waals surface area contributed by atoms with E-state index < -0.39 is 5.97 Å². The number of thiophene rings is 1. The average Bonchev–Trinajstić information content (AvgIpc) is 3.03. The minimum Gasteiger partial charge on any atom is -0.477 e. The lowest BCUT2D eigenvalue weighted by Crippen LogP contribution is -2.01. The molecule has 3 heterocycles. The van der Waals surface area contributed by atoms with Crippen molar-refractivity contribution in [2.24, 2.45) is 0 Å². The lowest BCUT2D eigenvalue weighted by Gasteiger charge is -2.05. The van der Waals surface area contributed by atoms with Crippen molar-refractivity contribution < 1.29 is 9.90 Å². The van der Waals surface area contributed by atoms with Crippen molar-refractivity contribution in [3.63, 3.8) is 0 Å². The zero-order chi connectivity index (χ0) is 14.3. The lowest BCUT2D eigenvalue weighted by atomic mass is 10.2. The first kappa shape index (κ1) is 12.3. The van der Waals surface area contributed by atoms with Gasteiger partial charge in [-0.15, -0.1) is 11.3 Å². The van der Waals surface area contributed by atoms with Gasteiger partial charge in [-0.05, 0) is 24.6 Å². The number of carboxylic acids is 1. The highest BCUT2D eigenvalue weighted by molar-refractivity contribution is 7.20. The van der Waals surface area contributed by atoms with Gasteiger partial charge in [-0.1, -0.05) is 0 Å². The van der Waals surface area contributed by atoms with Crippen molar-refractivity contribution in [2.45, 2.75) is 6.92 Å². The number of carbonyl (C=O) groups is 1. The van der Waals surface area contributed by atoms with Crippen LogP contribution in [0, 0.1) is 18.3 Å². The van der Waals surface area contributed by atoms with Crippen LogP contribution in [0.5, 0.6) is 0 Å². The predicted octanol–water partition coefficient (Wildman–Crippen LogP) is 2.36. The molecule has 0 saturated heterocycles. The maximum Gasteiger partial charge on any atom is 0.346 e. The molecule has 0 saturated carbocycles. The van der Waals surface area contributed by atoms with E-state index in [2.05, 4.69) is 16.0 Å². The van der Waals surface area contributed by atoms with Gasteiger partial charge in [0.2, 0.25) is 0 Å². The van der Waals surface area contributed by atoms with E-state index in [0.29, 0.717) is 27.3 Å². The van der Waals surface area contributed by atoms with Crippen LogP contribution in [-0.4, -0.2) is 25.6 Å². The number of nitriles is 1. The summed E-state index contributed by atoms with van der Waals surface area (Å²) in [6.07, 6.45) is 3.10. The topological polar surface area (TPSA) is 91.8 Å². The van der Waals surface area contributed by atoms with Crippen LogP contribution in [0.25, 0.3) is 16.0 Å². The zero-order valence-corrected chi connectivity index (χ0v) is 11.2. The third-order valence-corrected chi connectivity index (χ3v) is 4.18. The van der Waals surface area contributed by atoms with Gasteiger partial charge in [-0.3, -0.25) is 4.57 Å². The van der Waals surface area contributed by atoms with E-state index in [1.54, 1.807) is 29.8 Å². The quantitative estimate of drug-likeness (QED) is 0.779. The van der Waals surface area contributed by atoms with E-state index in [4.69, 9.17) is 5.26 Å². The Hall–Kier alpha value is -2.72. The third-order valence-electron chi connectivity index (χ3n) is 2.99. The van der Waals surface area contributed by atoms with Crippen LogP contribution in [0.15, 0.2) is 24.7 Å². The maximum atomic E-state index is 11.2. The summed E-state index contributed by atoms with van der Waals surface area (Å²) in [5.74, 6) is -0.456. The summed E-state index contributed by atoms with van der Waals surface area (Å²) >= 11 is 1.11. The molecule has 20 heavy (non-hydrogen) atoms. The van der Waals surface area contributed by atoms with Crippen LogP contribution in [0.3, 0.4) is 0 Å². The molecule has 0 amide bonds. The number of hydrogen-bond donors (Lipinski definition) is 1. The normalized spacial score (nSPS) is 10.6. The largest absolute Gasteiger partial charge is 0.477 e. The van der Waals surface area contributed by atoms with Gasteiger partial charge >= 0.3 is 5.97 Å². The Morgan fingerprint density at radius 3 is 3.00 bits per heavy atom. The van der Waals surface area contributed by atoms with E-state index >= 15 is 0 Å². The molecule has 1 N–H and O–H groups in total. The molecule has 0 spiro atoms. The zero-order valence-electron chi connectivity index (χ0n) is 10.4. The van der Waals surface area contributed by atoms with E-state index in [9.17, 15) is 9.90 Å². The summed E-state index contributed by atoms with van der Waals surface area (Å²) in [4.78, 5) is 20.4. The maximum absolute atomic E-state index is 11.2. The summed E-state index contributed by atoms with van der Waals surface area (Å²) in [6.45, 7) is 1.73. The van der Waals surface area contributed by atoms with Gasteiger partial charge in [0.25, 0.3) is 0 Å². The first-order chi connectivity index (χ1) is 9.63. The number of aromatic nitrogens is 3. The van der Waals surface area contributed by atoms with Crippen molar-refractivity contribution in [3.05, 3.63) is 40.8 Å². The van der Waals surface area contributed by atoms with E-state index in [1.807, 2.05) is 0 Å². The first-order valence-corrected chi connectivity index (χ1v) is 6.50. The Balaban J connectivity index is 2.38. The van der Waals surface area contributed by atoms with Gasteiger partial charge in [0.05, 0.1) is 5.39 Å². The van der Waals surface area contributed by atoms with E-state index in [0.717, 1.165) is 11.3 Å². The summed E-state index contributed by atoms with van der Waals surface area (Å²) in [5.41, 5.74) is 1.05. The Morgan fingerprint density at radius 1 is 1.50 bits per heavy atom. The van der Waals surface area contributed by atoms with Gasteiger partial charge in [0.15, 0.2) is 0 Å². The molecule has 3 rings (SSSR count). The molecule has 98 valence electrons. The van der Waals surface area contributed by atoms with Gasteiger partial charge in [0, 0.05) is 6.20 Å². The number of aryl methyl sites for hydroxylation is 1. The van der Waals surface area contributed by atoms with Gasteiger partial charge < -0.3 is 5.11 Å². The molecule has 0 fully saturated rings. The number of nitrogens with zero attached hydrogens (tertiary/aromatic N) is 4. The molecule has 0 aliphatic carbocycles. The highest BCUT2D eigenvalue weighted by Crippen LogP contribution is 2.32. The Bertz CT molecular complexity index is 872. The number of rotatable bonds is 2. The van der Waals surface area contributed by atoms with Gasteiger partial charge in [0.1, 0.15) is 33.6 Å². The highest BCUT2D eigenvalue weighted by atomic mass is 32.1. The number of hydrogen-bond acceptors (Lipinski definition) is 5. The molecule has 0 aliphatic heterocycles. The summed E-state index contributed by atoms with van der Waals surface area (Å²) < 4.78 is 1.63. The summed E-state index contributed by atoms with van der Waals surface area (Å²) in [5, 5.41) is 19.0. The second-order valence-electron chi connectivity index (χ2n) is 4.11. The Kier molecular flexibility index (Phi) is 2.73. The van der Waals surface area contributed by atoms with E-state index in [-0.39, 0.29) is 4.88 Å². The first-order valence-electron chi connectivity index (χ1n) is 5.68. The lowest BCUT2D eigenvalue weighted by molar-refractivity contribution is 0.0701. The van der Waals surface area contributed by atoms with Crippen LogP contribution in [0.2, 0.25) is 0 Å². The van der Waals surface area contributed by atoms with E-state index in [1.165, 1.54) is 6.33 Å². The average molecular weight is 284 g/mol. The fraction of sp³-hybridized carbons (Fsp3) is 0.0769. The van der Waals surface area contributed by atoms with Crippen molar-refractivity contribution in [2.75, 3.05) is 0 Å². The molecule has 0 radical (unpaired) electrons. The molecular formula is C13H8N4O2S. The molecule has 6 nitrogen and oxygen atoms in total. The number of fused-ring (bicyclic) bond motifs is 1. The van der Waals surface area contributed by atoms with Crippen molar-refractivity contribution in [3.8, 4) is 11.9 Å². The van der Waals surface area contributed by atoms with Gasteiger partial charge in [-0.25, -0.2) is 14.8 Å². The van der Waals surface area contributed by atoms with Crippen molar-refractivity contribution in [1.29, 1.82) is 5.26 Å². The second-order valence-corrected chi connectivity index (χ2v) is 5.11. The third kappa shape index (κ3) is 1.66. The summed E-state index contributed by atoms with van der Waals surface area (Å²) in [7, 11) is 0. The van der Waals surface area contributed by atoms with Crippen LogP contribution in [0.1, 0.15) is 20.9 Å². The summed E-state index contributed by atoms with van der Waals surface area (Å²) in [6, 6.07) is 5.49. The Labute approximate surface area is 117 Å². The van der Waals surface area contributed by atoms with Crippen molar-refractivity contribution >= 4 is 27.5 Å². The molecule has 0 unspecified atom stereocenters. The van der Waals surface area contributed by atoms with Crippen molar-refractivity contribution in [1.82, 2.24) is 14.5 Å². The highest BCUT2D eigenvalue weighted by Gasteiger charge is 2.19. The number of carboxylic acid groups (broad SMARTS) is 1. The minimum absolute atomic E-state index is 0.243. The second kappa shape index (κ2) is 4.43. The SMILES string of the molecule is Cc1c(C(=O)O)sc2ncnc(-n3cccc3C#N)c12. The molecule has 0 aliphatic rings. The molecule has 0 bridgehead atoms. The molecule has 0 aromatic carbocycles. The van der Waals surface area contributed by atoms with Crippen LogP contribution in [0.4, 0.5) is 0 Å². The van der Waals surface area contributed by atoms with Crippen LogP contribution >= 0.6 is 11.3 Å². The molecule has 0 atom stereocenters. The number of aromatic carboxylic acids is 1. The molecule has 3 aromatic heterocycles. The smallest absolute Gasteiger partial charge is 0.346 e. The Morgan fingerprint density at radius 2 is 2.30 bits per heavy atom. The predicted molar refractivity (Wildman–Crippen MR) is 73.2 cm³/mol. The molecular weight excluding hydrogens is 276 g/mol. The minimum atomic E-state index is -0.982. The monoisotopic (exact) mass is 284 g/mol. The fourth-order valence-electron chi connectivity index (χ4n) is 2.10.